The summed E-state index contributed by atoms with van der Waals surface area (Å²) < 4.78 is 0. The molecule has 0 saturated carbocycles. The Morgan fingerprint density at radius 3 is 1.02 bits per heavy atom. The molecule has 2 heterocycles. The summed E-state index contributed by atoms with van der Waals surface area (Å²) in [5.74, 6) is 0. The molecule has 0 radical (unpaired) electrons. The zero-order chi connectivity index (χ0) is 33.3. The van der Waals surface area contributed by atoms with Gasteiger partial charge >= 0.3 is 0 Å². The minimum Gasteiger partial charge on any atom is -0.265 e. The van der Waals surface area contributed by atoms with E-state index < -0.39 is 0 Å². The maximum absolute atomic E-state index is 4.21. The second kappa shape index (κ2) is 12.8. The van der Waals surface area contributed by atoms with Crippen molar-refractivity contribution in [3.8, 4) is 66.8 Å². The summed E-state index contributed by atoms with van der Waals surface area (Å²) in [7, 11) is 0. The minimum atomic E-state index is 1.16. The number of hydrogen-bond acceptors (Lipinski definition) is 2. The van der Waals surface area contributed by atoms with E-state index in [-0.39, 0.29) is 0 Å². The molecule has 0 fully saturated rings. The molecule has 2 nitrogen and oxygen atoms in total. The first-order valence-electron chi connectivity index (χ1n) is 17.0. The average Bonchev–Trinajstić information content (AvgIpc) is 3.21. The Labute approximate surface area is 292 Å². The molecule has 2 aromatic heterocycles. The molecule has 9 rings (SSSR count). The van der Waals surface area contributed by atoms with Gasteiger partial charge in [-0.2, -0.15) is 0 Å². The van der Waals surface area contributed by atoms with Crippen LogP contribution in [-0.2, 0) is 0 Å². The fourth-order valence-corrected chi connectivity index (χ4v) is 7.21. The van der Waals surface area contributed by atoms with Gasteiger partial charge in [-0.1, -0.05) is 140 Å². The number of benzene rings is 7. The van der Waals surface area contributed by atoms with E-state index in [9.17, 15) is 0 Å². The van der Waals surface area contributed by atoms with Gasteiger partial charge < -0.3 is 0 Å². The Morgan fingerprint density at radius 1 is 0.220 bits per heavy atom. The van der Waals surface area contributed by atoms with Gasteiger partial charge in [-0.05, 0) is 119 Å². The highest BCUT2D eigenvalue weighted by Gasteiger charge is 2.18. The maximum atomic E-state index is 4.21. The van der Waals surface area contributed by atoms with Gasteiger partial charge in [0.1, 0.15) is 0 Å². The van der Waals surface area contributed by atoms with Crippen molar-refractivity contribution < 1.29 is 0 Å². The Hall–Kier alpha value is -6.64. The summed E-state index contributed by atoms with van der Waals surface area (Å²) in [5.41, 5.74) is 14.4. The van der Waals surface area contributed by atoms with Crippen LogP contribution in [-0.4, -0.2) is 9.97 Å². The number of rotatable bonds is 6. The van der Waals surface area contributed by atoms with Gasteiger partial charge in [0.05, 0.1) is 0 Å². The van der Waals surface area contributed by atoms with Crippen molar-refractivity contribution in [2.45, 2.75) is 0 Å². The maximum Gasteiger partial charge on any atom is 0.0273 e. The lowest BCUT2D eigenvalue weighted by molar-refractivity contribution is 1.33. The van der Waals surface area contributed by atoms with Crippen LogP contribution in [0.4, 0.5) is 0 Å². The normalized spacial score (nSPS) is 11.2. The van der Waals surface area contributed by atoms with Crippen molar-refractivity contribution in [2.24, 2.45) is 0 Å². The zero-order valence-electron chi connectivity index (χ0n) is 27.4. The number of pyridine rings is 2. The fourth-order valence-electron chi connectivity index (χ4n) is 7.21. The molecule has 0 aliphatic carbocycles. The monoisotopic (exact) mass is 636 g/mol. The molecule has 50 heavy (non-hydrogen) atoms. The molecule has 0 unspecified atom stereocenters. The smallest absolute Gasteiger partial charge is 0.0273 e. The molecule has 0 bridgehead atoms. The van der Waals surface area contributed by atoms with Gasteiger partial charge in [0.15, 0.2) is 0 Å². The van der Waals surface area contributed by atoms with Crippen molar-refractivity contribution in [1.82, 2.24) is 9.97 Å². The molecule has 0 aliphatic rings. The SMILES string of the molecule is c1ccc(-c2ccc(-c3ccc4c(-c5ccc(-c6ccncc6)cc5)c5ccccc5c(-c5ccc(-c6ccncc6)cc5)c4c3)cc2)cc1. The van der Waals surface area contributed by atoms with Crippen molar-refractivity contribution in [2.75, 3.05) is 0 Å². The van der Waals surface area contributed by atoms with Crippen LogP contribution in [0.1, 0.15) is 0 Å². The second-order valence-corrected chi connectivity index (χ2v) is 12.6. The van der Waals surface area contributed by atoms with E-state index in [1.807, 2.05) is 24.8 Å². The predicted molar refractivity (Wildman–Crippen MR) is 210 cm³/mol. The third-order valence-corrected chi connectivity index (χ3v) is 9.72. The fraction of sp³-hybridized carbons (Fsp3) is 0. The zero-order valence-corrected chi connectivity index (χ0v) is 27.4. The van der Waals surface area contributed by atoms with Crippen LogP contribution >= 0.6 is 0 Å². The molecule has 2 heteroatoms. The summed E-state index contributed by atoms with van der Waals surface area (Å²) in [6.45, 7) is 0. The average molecular weight is 637 g/mol. The van der Waals surface area contributed by atoms with Crippen LogP contribution in [0.5, 0.6) is 0 Å². The van der Waals surface area contributed by atoms with E-state index in [0.717, 1.165) is 11.1 Å². The Bertz CT molecular complexity index is 2580. The van der Waals surface area contributed by atoms with Crippen LogP contribution in [0, 0.1) is 0 Å². The van der Waals surface area contributed by atoms with E-state index in [0.29, 0.717) is 0 Å². The Balaban J connectivity index is 1.25. The number of fused-ring (bicyclic) bond motifs is 2. The molecule has 0 atom stereocenters. The van der Waals surface area contributed by atoms with E-state index in [4.69, 9.17) is 0 Å². The van der Waals surface area contributed by atoms with Crippen LogP contribution in [0.2, 0.25) is 0 Å². The highest BCUT2D eigenvalue weighted by atomic mass is 14.6. The van der Waals surface area contributed by atoms with E-state index in [1.165, 1.54) is 77.2 Å². The largest absolute Gasteiger partial charge is 0.265 e. The summed E-state index contributed by atoms with van der Waals surface area (Å²) in [6.07, 6.45) is 7.39. The highest BCUT2D eigenvalue weighted by molar-refractivity contribution is 6.22. The first kappa shape index (κ1) is 29.5. The first-order valence-corrected chi connectivity index (χ1v) is 17.0. The van der Waals surface area contributed by atoms with Crippen molar-refractivity contribution in [3.05, 3.63) is 195 Å². The van der Waals surface area contributed by atoms with Crippen molar-refractivity contribution >= 4 is 21.5 Å². The highest BCUT2D eigenvalue weighted by Crippen LogP contribution is 2.45. The quantitative estimate of drug-likeness (QED) is 0.170. The number of hydrogen-bond donors (Lipinski definition) is 0. The molecule has 234 valence electrons. The minimum absolute atomic E-state index is 1.16. The molecule has 9 aromatic rings. The van der Waals surface area contributed by atoms with E-state index in [2.05, 4.69) is 180 Å². The van der Waals surface area contributed by atoms with Crippen molar-refractivity contribution in [3.63, 3.8) is 0 Å². The predicted octanol–water partition coefficient (Wildman–Crippen LogP) is 12.8. The number of nitrogens with zero attached hydrogens (tertiary/aromatic N) is 2. The van der Waals surface area contributed by atoms with Gasteiger partial charge in [-0.3, -0.25) is 9.97 Å². The van der Waals surface area contributed by atoms with Gasteiger partial charge in [0.2, 0.25) is 0 Å². The lowest BCUT2D eigenvalue weighted by atomic mass is 9.84. The van der Waals surface area contributed by atoms with Crippen LogP contribution in [0.3, 0.4) is 0 Å². The molecule has 0 amide bonds. The molecule has 0 saturated heterocycles. The third-order valence-electron chi connectivity index (χ3n) is 9.72. The van der Waals surface area contributed by atoms with Crippen LogP contribution in [0.15, 0.2) is 195 Å². The Kier molecular flexibility index (Phi) is 7.53. The van der Waals surface area contributed by atoms with Gasteiger partial charge in [0.25, 0.3) is 0 Å². The Morgan fingerprint density at radius 2 is 0.540 bits per heavy atom. The second-order valence-electron chi connectivity index (χ2n) is 12.6. The standard InChI is InChI=1S/C48H32N2/c1-2-6-33(7-3-1)34-10-12-37(13-11-34)42-22-23-45-46(32-42)48(41-20-16-36(17-21-41)39-26-30-50-31-27-39)44-9-5-4-8-43(44)47(45)40-18-14-35(15-19-40)38-24-28-49-29-25-38/h1-32H. The van der Waals surface area contributed by atoms with Gasteiger partial charge in [-0.25, -0.2) is 0 Å². The number of aromatic nitrogens is 2. The molecule has 0 spiro atoms. The van der Waals surface area contributed by atoms with Crippen molar-refractivity contribution in [1.29, 1.82) is 0 Å². The summed E-state index contributed by atoms with van der Waals surface area (Å²) in [4.78, 5) is 8.41. The topological polar surface area (TPSA) is 25.8 Å². The molecular weight excluding hydrogens is 605 g/mol. The molecule has 0 aliphatic heterocycles. The van der Waals surface area contributed by atoms with E-state index in [1.54, 1.807) is 0 Å². The lowest BCUT2D eigenvalue weighted by Crippen LogP contribution is -1.92. The molecular formula is C48H32N2. The summed E-state index contributed by atoms with van der Waals surface area (Å²) in [6, 6.07) is 61.5. The first-order chi connectivity index (χ1) is 24.8. The van der Waals surface area contributed by atoms with Crippen LogP contribution in [0.25, 0.3) is 88.3 Å². The lowest BCUT2D eigenvalue weighted by Gasteiger charge is -2.19. The summed E-state index contributed by atoms with van der Waals surface area (Å²) in [5, 5.41) is 4.95. The summed E-state index contributed by atoms with van der Waals surface area (Å²) >= 11 is 0. The van der Waals surface area contributed by atoms with Crippen LogP contribution < -0.4 is 0 Å². The molecule has 7 aromatic carbocycles. The van der Waals surface area contributed by atoms with Gasteiger partial charge in [-0.15, -0.1) is 0 Å². The third kappa shape index (κ3) is 5.43. The molecule has 0 N–H and O–H groups in total. The van der Waals surface area contributed by atoms with E-state index >= 15 is 0 Å². The van der Waals surface area contributed by atoms with Gasteiger partial charge in [0, 0.05) is 24.8 Å².